The van der Waals surface area contributed by atoms with Crippen LogP contribution in [0.15, 0.2) is 21.9 Å². The number of phosphoric ester groups is 1. The average molecular weight is 495 g/mol. The first-order chi connectivity index (χ1) is 13.1. The molecule has 7 N–H and O–H groups in total. The lowest BCUT2D eigenvalue weighted by atomic mass is 11.1. The number of aliphatic hydroxyl groups excluding tert-OH is 2. The van der Waals surface area contributed by atoms with Crippen LogP contribution in [0.1, 0.15) is 6.23 Å². The molecule has 29 heavy (non-hydrogen) atoms. The van der Waals surface area contributed by atoms with Crippen molar-refractivity contribution >= 4 is 23.5 Å². The summed E-state index contributed by atoms with van der Waals surface area (Å²) in [6, 6.07) is 0.920. The summed E-state index contributed by atoms with van der Waals surface area (Å²) < 4.78 is 50.6. The fourth-order valence-electron chi connectivity index (χ4n) is 2.20. The van der Waals surface area contributed by atoms with Gasteiger partial charge >= 0.3 is 29.2 Å². The highest BCUT2D eigenvalue weighted by molar-refractivity contribution is 7.66. The van der Waals surface area contributed by atoms with E-state index in [4.69, 9.17) is 19.4 Å². The Balaban J connectivity index is 2.06. The van der Waals surface area contributed by atoms with Gasteiger partial charge in [-0.05, 0) is 0 Å². The predicted molar refractivity (Wildman–Crippen MR) is 87.1 cm³/mol. The molecule has 1 fully saturated rings. The molecule has 0 bridgehead atoms. The highest BCUT2D eigenvalue weighted by Gasteiger charge is 2.46. The number of aliphatic hydroxyl groups is 2. The molecule has 0 spiro atoms. The van der Waals surface area contributed by atoms with Crippen molar-refractivity contribution in [3.05, 3.63) is 33.1 Å². The maximum Gasteiger partial charge on any atom is 0.490 e. The van der Waals surface area contributed by atoms with Crippen LogP contribution in [-0.2, 0) is 31.6 Å². The quantitative estimate of drug-likeness (QED) is 0.145. The zero-order valence-corrected chi connectivity index (χ0v) is 16.5. The van der Waals surface area contributed by atoms with E-state index in [2.05, 4.69) is 13.1 Å². The summed E-state index contributed by atoms with van der Waals surface area (Å²) >= 11 is 0. The van der Waals surface area contributed by atoms with Gasteiger partial charge in [-0.2, -0.15) is 8.62 Å². The molecule has 1 aromatic rings. The van der Waals surface area contributed by atoms with Crippen LogP contribution in [0.25, 0.3) is 0 Å². The smallest absolute Gasteiger partial charge is 0.387 e. The Bertz CT molecular complexity index is 997. The van der Waals surface area contributed by atoms with Gasteiger partial charge in [0.15, 0.2) is 6.23 Å². The van der Waals surface area contributed by atoms with Crippen molar-refractivity contribution in [1.82, 2.24) is 9.55 Å². The van der Waals surface area contributed by atoms with Crippen LogP contribution < -0.4 is 11.2 Å². The van der Waals surface area contributed by atoms with Crippen LogP contribution in [-0.4, -0.2) is 64.3 Å². The molecule has 2 unspecified atom stereocenters. The number of phosphoric acid groups is 3. The first-order valence-electron chi connectivity index (χ1n) is 7.22. The van der Waals surface area contributed by atoms with Crippen molar-refractivity contribution in [2.24, 2.45) is 0 Å². The Hall–Kier alpha value is -1.03. The van der Waals surface area contributed by atoms with E-state index in [0.29, 0.717) is 4.57 Å². The number of rotatable bonds is 8. The Labute approximate surface area is 159 Å². The predicted octanol–water partition coefficient (Wildman–Crippen LogP) is -2.50. The maximum atomic E-state index is 11.7. The van der Waals surface area contributed by atoms with Crippen molar-refractivity contribution in [2.45, 2.75) is 24.5 Å². The Morgan fingerprint density at radius 3 is 2.21 bits per heavy atom. The largest absolute Gasteiger partial charge is 0.490 e. The number of ether oxygens (including phenoxy) is 1. The summed E-state index contributed by atoms with van der Waals surface area (Å²) in [5, 5.41) is 19.9. The molecule has 20 heteroatoms. The van der Waals surface area contributed by atoms with Crippen LogP contribution in [0.5, 0.6) is 0 Å². The van der Waals surface area contributed by atoms with E-state index < -0.39 is 65.9 Å². The van der Waals surface area contributed by atoms with E-state index in [1.165, 1.54) is 0 Å². The standard InChI is InChI=1S/C9H15N2O15P3/c12-5-1-2-11(9(15)10-5)8-7(14)6(13)4(24-8)3-23-28(19,20)26-29(21,22)25-27(16,17)18/h1-2,4,6-8,13-14H,3H2,(H,19,20)(H,21,22)(H,10,12,15)(H2,16,17,18)/t4-,6-,7-,8-/m1/s1/i1+1,2+1,3+1,4+1,5+1,6+1,7+1,8+1,9+1,10+1,11+1. The molecule has 0 radical (unpaired) electrons. The molecule has 0 aromatic carbocycles. The fraction of sp³-hybridized carbons (Fsp3) is 0.556. The van der Waals surface area contributed by atoms with Crippen molar-refractivity contribution in [2.75, 3.05) is 6.61 Å². The Morgan fingerprint density at radius 2 is 1.66 bits per heavy atom. The number of hydrogen-bond donors (Lipinski definition) is 7. The molecule has 2 rings (SSSR count). The maximum absolute atomic E-state index is 11.7. The molecule has 6 atom stereocenters. The van der Waals surface area contributed by atoms with Gasteiger partial charge in [0.05, 0.1) is 6.61 Å². The number of nitrogens with zero attached hydrogens (tertiary/aromatic N) is 1. The lowest BCUT2D eigenvalue weighted by molar-refractivity contribution is -0.0542. The summed E-state index contributed by atoms with van der Waals surface area (Å²) in [5.74, 6) is 0. The SMILES string of the molecule is O=[13c]1[13cH][13cH][15n]([13C@@H]2O[13C@H]([13CH2]OP(=O)(O)OP(=O)(O)OP(=O)(O)O)[13C@@H](O)[13C@H]2O)[13c](=O)[15nH]1. The molecule has 1 aromatic heterocycles. The van der Waals surface area contributed by atoms with E-state index in [0.717, 1.165) is 12.3 Å². The van der Waals surface area contributed by atoms with E-state index in [9.17, 15) is 38.4 Å². The summed E-state index contributed by atoms with van der Waals surface area (Å²) in [4.78, 5) is 59.9. The lowest BCUT2D eigenvalue weighted by Gasteiger charge is -2.19. The topological polar surface area (TPSA) is 264 Å². The zero-order valence-electron chi connectivity index (χ0n) is 13.8. The van der Waals surface area contributed by atoms with Gasteiger partial charge < -0.3 is 34.5 Å². The minimum atomic E-state index is -5.73. The van der Waals surface area contributed by atoms with Gasteiger partial charge in [0, 0.05) is 12.3 Å². The normalized spacial score (nSPS) is 29.3. The lowest BCUT2D eigenvalue weighted by Crippen LogP contribution is -2.37. The second kappa shape index (κ2) is 8.61. The number of nitrogens with one attached hydrogen (secondary N) is 1. The molecule has 2 heterocycles. The second-order valence-electron chi connectivity index (χ2n) is 5.45. The average Bonchev–Trinajstić information content (AvgIpc) is 2.78. The molecular formula is C9H15N2O15P3. The van der Waals surface area contributed by atoms with E-state index in [-0.39, 0.29) is 0 Å². The molecule has 17 nitrogen and oxygen atoms in total. The molecule has 0 saturated carbocycles. The highest BCUT2D eigenvalue weighted by atomic mass is 31.3. The van der Waals surface area contributed by atoms with Crippen LogP contribution in [0.2, 0.25) is 0 Å². The summed E-state index contributed by atoms with van der Waals surface area (Å²) in [7, 11) is -16.8. The third-order valence-corrected chi connectivity index (χ3v) is 7.08. The minimum absolute atomic E-state index is 0.708. The molecule has 166 valence electrons. The van der Waals surface area contributed by atoms with E-state index >= 15 is 0 Å². The van der Waals surface area contributed by atoms with Crippen LogP contribution in [0.3, 0.4) is 0 Å². The van der Waals surface area contributed by atoms with Crippen molar-refractivity contribution in [3.63, 3.8) is 0 Å². The monoisotopic (exact) mass is 495 g/mol. The number of aromatic amines is 1. The Morgan fingerprint density at radius 1 is 1.03 bits per heavy atom. The van der Waals surface area contributed by atoms with Crippen LogP contribution in [0.4, 0.5) is 0 Å². The fourth-order valence-corrected chi connectivity index (χ4v) is 5.23. The summed E-state index contributed by atoms with van der Waals surface area (Å²) in [5.41, 5.74) is -1.74. The van der Waals surface area contributed by atoms with Crippen molar-refractivity contribution in [1.29, 1.82) is 0 Å². The number of hydrogen-bond acceptors (Lipinski definition) is 11. The Kier molecular flexibility index (Phi) is 7.20. The van der Waals surface area contributed by atoms with Gasteiger partial charge in [0.25, 0.3) is 5.56 Å². The number of aromatic nitrogens is 2. The van der Waals surface area contributed by atoms with Crippen LogP contribution >= 0.6 is 23.5 Å². The molecule has 0 amide bonds. The third-order valence-electron chi connectivity index (χ3n) is 3.28. The van der Waals surface area contributed by atoms with Gasteiger partial charge in [-0.15, -0.1) is 0 Å². The van der Waals surface area contributed by atoms with Crippen molar-refractivity contribution < 1.29 is 61.4 Å². The molecule has 1 saturated heterocycles. The van der Waals surface area contributed by atoms with Gasteiger partial charge in [-0.1, -0.05) is 0 Å². The summed E-state index contributed by atoms with van der Waals surface area (Å²) in [6.07, 6.45) is -5.70. The van der Waals surface area contributed by atoms with Crippen LogP contribution in [0, 0.1) is 0 Å². The van der Waals surface area contributed by atoms with Gasteiger partial charge in [-0.3, -0.25) is 18.9 Å². The number of H-pyrrole nitrogens is 1. The molecule has 1 aliphatic heterocycles. The third kappa shape index (κ3) is 6.73. The molecule has 0 aliphatic carbocycles. The van der Waals surface area contributed by atoms with Gasteiger partial charge in [0.1, 0.15) is 18.3 Å². The minimum Gasteiger partial charge on any atom is -0.387 e. The highest BCUT2D eigenvalue weighted by Crippen LogP contribution is 2.66. The summed E-state index contributed by atoms with van der Waals surface area (Å²) in [6.45, 7) is -1.05. The molecular weight excluding hydrogens is 480 g/mol. The van der Waals surface area contributed by atoms with Crippen molar-refractivity contribution in [3.8, 4) is 0 Å². The first-order valence-corrected chi connectivity index (χ1v) is 11.7. The second-order valence-corrected chi connectivity index (χ2v) is 9.87. The first kappa shape index (κ1) is 24.2. The zero-order chi connectivity index (χ0) is 22.2. The van der Waals surface area contributed by atoms with E-state index in [1.54, 1.807) is 0 Å². The van der Waals surface area contributed by atoms with Gasteiger partial charge in [0.2, 0.25) is 0 Å². The molecule has 1 aliphatic rings. The van der Waals surface area contributed by atoms with E-state index in [1.807, 2.05) is 4.98 Å². The van der Waals surface area contributed by atoms with Gasteiger partial charge in [-0.25, -0.2) is 18.5 Å².